The smallest absolute Gasteiger partial charge is 0.316 e. The van der Waals surface area contributed by atoms with E-state index < -0.39 is 5.54 Å². The van der Waals surface area contributed by atoms with Gasteiger partial charge in [0.2, 0.25) is 0 Å². The molecule has 0 aliphatic carbocycles. The Morgan fingerprint density at radius 3 is 1.93 bits per heavy atom. The first-order chi connectivity index (χ1) is 20.0. The van der Waals surface area contributed by atoms with Crippen LogP contribution in [0.1, 0.15) is 33.8 Å². The lowest BCUT2D eigenvalue weighted by Gasteiger charge is -2.38. The Balaban J connectivity index is 1.33. The van der Waals surface area contributed by atoms with Gasteiger partial charge in [0.05, 0.1) is 35.7 Å². The minimum atomic E-state index is -0.664. The van der Waals surface area contributed by atoms with Gasteiger partial charge < -0.3 is 9.47 Å². The van der Waals surface area contributed by atoms with E-state index in [9.17, 15) is 4.79 Å². The van der Waals surface area contributed by atoms with E-state index in [4.69, 9.17) is 28.2 Å². The number of hydrogen-bond acceptors (Lipinski definition) is 2. The minimum absolute atomic E-state index is 0.109. The number of imidazole rings is 1. The van der Waals surface area contributed by atoms with Crippen LogP contribution in [-0.4, -0.2) is 25.0 Å². The normalized spacial score (nSPS) is 13.2. The number of nitrogens with zero attached hydrogens (tertiary/aromatic N) is 4. The average Bonchev–Trinajstić information content (AvgIpc) is 3.64. The fourth-order valence-corrected chi connectivity index (χ4v) is 6.77. The van der Waals surface area contributed by atoms with Crippen molar-refractivity contribution in [3.63, 3.8) is 0 Å². The molecule has 1 aliphatic rings. The van der Waals surface area contributed by atoms with Crippen molar-refractivity contribution < 1.29 is 4.79 Å². The van der Waals surface area contributed by atoms with Crippen molar-refractivity contribution in [2.75, 3.05) is 0 Å². The monoisotopic (exact) mass is 576 g/mol. The van der Waals surface area contributed by atoms with Crippen LogP contribution in [0.25, 0.3) is 10.9 Å². The zero-order valence-electron chi connectivity index (χ0n) is 22.3. The predicted molar refractivity (Wildman–Crippen MR) is 164 cm³/mol. The zero-order chi connectivity index (χ0) is 28.1. The number of rotatable bonds is 6. The zero-order valence-corrected chi connectivity index (χ0v) is 23.8. The fraction of sp³-hybridized carbons (Fsp3) is 0.118. The first-order valence-corrected chi connectivity index (χ1v) is 14.2. The predicted octanol–water partition coefficient (Wildman–Crippen LogP) is 8.28. The molecule has 6 aromatic rings. The standard InChI is InChI=1S/C34H26Cl2N4O/c1-23-31(21-38-20-28-19-29-30(36)17-27(35)18-32(29)40(28)33(38)41)37-22-39(23)34(24-11-5-2-6-12-24,25-13-7-3-8-14-25)26-15-9-4-10-16-26/h2-19,22H,20-21H2,1H3. The molecule has 0 fully saturated rings. The van der Waals surface area contributed by atoms with Crippen molar-refractivity contribution in [3.8, 4) is 0 Å². The van der Waals surface area contributed by atoms with E-state index in [1.807, 2.05) is 35.5 Å². The Bertz CT molecular complexity index is 1800. The molecule has 0 atom stereocenters. The number of halogens is 2. The fourth-order valence-electron chi connectivity index (χ4n) is 6.23. The van der Waals surface area contributed by atoms with Gasteiger partial charge in [-0.3, -0.25) is 4.57 Å². The summed E-state index contributed by atoms with van der Waals surface area (Å²) in [6.07, 6.45) is 1.91. The summed E-state index contributed by atoms with van der Waals surface area (Å²) in [5, 5.41) is 1.88. The average molecular weight is 578 g/mol. The van der Waals surface area contributed by atoms with Crippen molar-refractivity contribution in [2.45, 2.75) is 25.6 Å². The summed E-state index contributed by atoms with van der Waals surface area (Å²) in [4.78, 5) is 20.4. The van der Waals surface area contributed by atoms with Gasteiger partial charge >= 0.3 is 6.03 Å². The summed E-state index contributed by atoms with van der Waals surface area (Å²) < 4.78 is 3.96. The van der Waals surface area contributed by atoms with Gasteiger partial charge in [-0.25, -0.2) is 9.78 Å². The van der Waals surface area contributed by atoms with Crippen LogP contribution in [-0.2, 0) is 18.6 Å². The van der Waals surface area contributed by atoms with Crippen LogP contribution in [0.2, 0.25) is 10.0 Å². The van der Waals surface area contributed by atoms with Crippen LogP contribution in [0.15, 0.2) is 116 Å². The molecule has 1 aliphatic heterocycles. The summed E-state index contributed by atoms with van der Waals surface area (Å²) in [6, 6.07) is 36.9. The van der Waals surface area contributed by atoms with Crippen molar-refractivity contribution in [1.82, 2.24) is 19.0 Å². The number of carbonyl (C=O) groups is 1. The van der Waals surface area contributed by atoms with Gasteiger partial charge in [-0.05, 0) is 41.8 Å². The third-order valence-corrected chi connectivity index (χ3v) is 8.64. The number of aromatic nitrogens is 3. The lowest BCUT2D eigenvalue weighted by atomic mass is 9.76. The largest absolute Gasteiger partial charge is 0.329 e. The molecule has 7 rings (SSSR count). The maximum atomic E-state index is 13.6. The van der Waals surface area contributed by atoms with E-state index in [0.29, 0.717) is 23.1 Å². The van der Waals surface area contributed by atoms with Crippen molar-refractivity contribution in [3.05, 3.63) is 159 Å². The SMILES string of the molecule is Cc1c(CN2Cc3cc4c(Cl)cc(Cl)cc4n3C2=O)ncn1C(c1ccccc1)(c1ccccc1)c1ccccc1. The van der Waals surface area contributed by atoms with E-state index in [1.54, 1.807) is 16.7 Å². The van der Waals surface area contributed by atoms with Crippen LogP contribution in [0, 0.1) is 6.92 Å². The number of amides is 1. The number of hydrogen-bond donors (Lipinski definition) is 0. The summed E-state index contributed by atoms with van der Waals surface area (Å²) in [5.41, 5.74) is 6.15. The van der Waals surface area contributed by atoms with E-state index in [-0.39, 0.29) is 6.03 Å². The first kappa shape index (κ1) is 25.6. The summed E-state index contributed by atoms with van der Waals surface area (Å²) in [5.74, 6) is 0. The molecular formula is C34H26Cl2N4O. The second-order valence-electron chi connectivity index (χ2n) is 10.4. The molecule has 0 bridgehead atoms. The van der Waals surface area contributed by atoms with Crippen LogP contribution in [0.3, 0.4) is 0 Å². The molecule has 0 N–H and O–H groups in total. The van der Waals surface area contributed by atoms with Crippen molar-refractivity contribution in [1.29, 1.82) is 0 Å². The second kappa shape index (κ2) is 9.95. The van der Waals surface area contributed by atoms with Gasteiger partial charge in [0, 0.05) is 21.8 Å². The van der Waals surface area contributed by atoms with E-state index in [1.165, 1.54) is 0 Å². The van der Waals surface area contributed by atoms with Crippen molar-refractivity contribution in [2.24, 2.45) is 0 Å². The minimum Gasteiger partial charge on any atom is -0.316 e. The quantitative estimate of drug-likeness (QED) is 0.187. The third kappa shape index (κ3) is 3.99. The Morgan fingerprint density at radius 2 is 1.37 bits per heavy atom. The highest BCUT2D eigenvalue weighted by Crippen LogP contribution is 2.42. The second-order valence-corrected chi connectivity index (χ2v) is 11.2. The molecule has 2 aromatic heterocycles. The maximum Gasteiger partial charge on any atom is 0.329 e. The molecular weight excluding hydrogens is 551 g/mol. The Labute approximate surface area is 248 Å². The molecule has 41 heavy (non-hydrogen) atoms. The first-order valence-electron chi connectivity index (χ1n) is 13.5. The molecule has 0 saturated carbocycles. The number of carbonyl (C=O) groups excluding carboxylic acids is 1. The lowest BCUT2D eigenvalue weighted by Crippen LogP contribution is -2.38. The maximum absolute atomic E-state index is 13.6. The van der Waals surface area contributed by atoms with Crippen LogP contribution in [0.5, 0.6) is 0 Å². The van der Waals surface area contributed by atoms with Crippen LogP contribution >= 0.6 is 23.2 Å². The van der Waals surface area contributed by atoms with E-state index >= 15 is 0 Å². The summed E-state index contributed by atoms with van der Waals surface area (Å²) in [6.45, 7) is 2.93. The van der Waals surface area contributed by atoms with Gasteiger partial charge in [-0.2, -0.15) is 0 Å². The molecule has 3 heterocycles. The summed E-state index contributed by atoms with van der Waals surface area (Å²) >= 11 is 12.7. The molecule has 4 aromatic carbocycles. The highest BCUT2D eigenvalue weighted by atomic mass is 35.5. The van der Waals surface area contributed by atoms with E-state index in [0.717, 1.165) is 44.7 Å². The topological polar surface area (TPSA) is 43.1 Å². The van der Waals surface area contributed by atoms with Gasteiger partial charge in [0.15, 0.2) is 0 Å². The van der Waals surface area contributed by atoms with Gasteiger partial charge in [0.25, 0.3) is 0 Å². The molecule has 0 unspecified atom stereocenters. The highest BCUT2D eigenvalue weighted by Gasteiger charge is 2.40. The molecule has 202 valence electrons. The Kier molecular flexibility index (Phi) is 6.22. The van der Waals surface area contributed by atoms with Gasteiger partial charge in [0.1, 0.15) is 5.54 Å². The summed E-state index contributed by atoms with van der Waals surface area (Å²) in [7, 11) is 0. The third-order valence-electron chi connectivity index (χ3n) is 8.11. The van der Waals surface area contributed by atoms with E-state index in [2.05, 4.69) is 84.3 Å². The number of fused-ring (bicyclic) bond motifs is 3. The molecule has 0 saturated heterocycles. The van der Waals surface area contributed by atoms with Crippen LogP contribution in [0.4, 0.5) is 4.79 Å². The van der Waals surface area contributed by atoms with Crippen LogP contribution < -0.4 is 0 Å². The highest BCUT2D eigenvalue weighted by molar-refractivity contribution is 6.38. The van der Waals surface area contributed by atoms with Gasteiger partial charge in [-0.1, -0.05) is 114 Å². The molecule has 0 radical (unpaired) electrons. The van der Waals surface area contributed by atoms with Crippen molar-refractivity contribution >= 4 is 40.1 Å². The Hall–Kier alpha value is -4.32. The molecule has 0 spiro atoms. The molecule has 5 nitrogen and oxygen atoms in total. The molecule has 7 heteroatoms. The molecule has 1 amide bonds. The Morgan fingerprint density at radius 1 is 0.805 bits per heavy atom. The van der Waals surface area contributed by atoms with Gasteiger partial charge in [-0.15, -0.1) is 0 Å². The lowest BCUT2D eigenvalue weighted by molar-refractivity contribution is 0.207. The number of benzene rings is 4.